The van der Waals surface area contributed by atoms with E-state index in [1.54, 1.807) is 14.1 Å². The number of hydrogen-bond donors (Lipinski definition) is 20. The summed E-state index contributed by atoms with van der Waals surface area (Å²) in [6, 6.07) is 0.816. The van der Waals surface area contributed by atoms with Gasteiger partial charge < -0.3 is 148 Å². The fourth-order valence-electron chi connectivity index (χ4n) is 14.8. The number of benzene rings is 5. The SMILES string of the molecule is CNC(CC(C)C)C(=O)NC1C(=O)NC(CC(N)=O)C(=O)NC2C(=O)NC3C(=O)NC(C(=O)NC(C(=O)O)c4cc(O)c(CN(C)C)c(O)c4-c4cc3ccc4O)C(O[C@H]3C[C@](C)(N)[C@@H](O)[C@H](C)O3)c3ccc(cc3)Oc3cc2cc(c3O[C@@H]2O[C@H](CO)[C@@H](O)[C@H](O)[C@H]2O[C@H]2C[C@](C)(N)[C@@H](O)[C@H](C)O2)Oc2ccc(cc2Cl)C1O. The smallest absolute Gasteiger partial charge is 0.330 e. The molecule has 0 radical (unpaired) electrons. The Labute approximate surface area is 657 Å². The van der Waals surface area contributed by atoms with E-state index < -0.39 is 250 Å². The second-order valence-corrected chi connectivity index (χ2v) is 31.0. The summed E-state index contributed by atoms with van der Waals surface area (Å²) in [7, 11) is 4.63. The quantitative estimate of drug-likeness (QED) is 0.0571. The number of nitrogens with one attached hydrogen (secondary N) is 7. The van der Waals surface area contributed by atoms with Crippen LogP contribution in [0.25, 0.3) is 11.1 Å². The molecule has 8 aliphatic rings. The van der Waals surface area contributed by atoms with Crippen LogP contribution in [0.5, 0.6) is 46.0 Å². The fourth-order valence-corrected chi connectivity index (χ4v) is 15.0. The maximum absolute atomic E-state index is 16.5. The van der Waals surface area contributed by atoms with Gasteiger partial charge in [-0.2, -0.15) is 0 Å². The number of aliphatic carboxylic acids is 1. The number of primary amides is 1. The lowest BCUT2D eigenvalue weighted by atomic mass is 9.86. The van der Waals surface area contributed by atoms with Gasteiger partial charge in [0.05, 0.1) is 54.1 Å². The van der Waals surface area contributed by atoms with Crippen LogP contribution in [0.1, 0.15) is 131 Å². The first-order chi connectivity index (χ1) is 53.7. The topological polar surface area (TPSA) is 578 Å². The van der Waals surface area contributed by atoms with Crippen molar-refractivity contribution in [3.63, 3.8) is 0 Å². The van der Waals surface area contributed by atoms with Crippen molar-refractivity contribution in [3.05, 3.63) is 117 Å². The van der Waals surface area contributed by atoms with Gasteiger partial charge in [0, 0.05) is 47.2 Å². The van der Waals surface area contributed by atoms with Gasteiger partial charge in [-0.15, -0.1) is 0 Å². The van der Waals surface area contributed by atoms with Crippen molar-refractivity contribution in [3.8, 4) is 57.1 Å². The monoisotopic (exact) mass is 1610 g/mol. The zero-order valence-electron chi connectivity index (χ0n) is 63.4. The molecule has 0 aliphatic carbocycles. The van der Waals surface area contributed by atoms with Crippen LogP contribution in [0.15, 0.2) is 78.9 Å². The van der Waals surface area contributed by atoms with Gasteiger partial charge in [-0.1, -0.05) is 49.7 Å². The van der Waals surface area contributed by atoms with Crippen LogP contribution in [0, 0.1) is 5.92 Å². The highest BCUT2D eigenvalue weighted by molar-refractivity contribution is 6.32. The molecular formula is C76H96ClN11O26. The molecule has 11 bridgehead atoms. The minimum Gasteiger partial charge on any atom is -0.507 e. The first kappa shape index (κ1) is 85.2. The molecule has 7 amide bonds. The number of carbonyl (C=O) groups is 8. The summed E-state index contributed by atoms with van der Waals surface area (Å²) in [6.07, 6.45) is -22.4. The van der Waals surface area contributed by atoms with E-state index in [1.807, 2.05) is 13.8 Å². The molecule has 22 atom stereocenters. The van der Waals surface area contributed by atoms with Crippen molar-refractivity contribution in [1.29, 1.82) is 0 Å². The predicted molar refractivity (Wildman–Crippen MR) is 398 cm³/mol. The number of likely N-dealkylation sites (N-methyl/N-ethyl adjacent to an activating group) is 1. The summed E-state index contributed by atoms with van der Waals surface area (Å²) < 4.78 is 51.9. The number of phenolic OH excluding ortho intramolecular Hbond substituents is 3. The maximum Gasteiger partial charge on any atom is 0.330 e. The second-order valence-electron chi connectivity index (χ2n) is 30.6. The number of aliphatic hydroxyl groups is 6. The van der Waals surface area contributed by atoms with E-state index in [2.05, 4.69) is 37.2 Å². The Kier molecular flexibility index (Phi) is 25.7. The Balaban J connectivity index is 1.19. The van der Waals surface area contributed by atoms with Gasteiger partial charge in [-0.3, -0.25) is 33.6 Å². The first-order valence-corrected chi connectivity index (χ1v) is 37.1. The van der Waals surface area contributed by atoms with Gasteiger partial charge >= 0.3 is 5.97 Å². The summed E-state index contributed by atoms with van der Waals surface area (Å²) >= 11 is 7.16. The molecule has 5 aromatic rings. The number of carboxylic acid groups (broad SMARTS) is 1. The van der Waals surface area contributed by atoms with E-state index in [9.17, 15) is 65.4 Å². The molecule has 3 fully saturated rings. The molecule has 3 saturated heterocycles. The van der Waals surface area contributed by atoms with Crippen molar-refractivity contribution in [2.24, 2.45) is 23.1 Å². The number of nitrogens with zero attached hydrogens (tertiary/aromatic N) is 1. The number of carbonyl (C=O) groups excluding carboxylic acids is 7. The third-order valence-electron chi connectivity index (χ3n) is 20.8. The third kappa shape index (κ3) is 18.2. The van der Waals surface area contributed by atoms with E-state index in [-0.39, 0.29) is 70.5 Å². The summed E-state index contributed by atoms with van der Waals surface area (Å²) in [4.78, 5) is 122. The number of aromatic hydroxyl groups is 3. The zero-order chi connectivity index (χ0) is 83.2. The second kappa shape index (κ2) is 34.4. The minimum atomic E-state index is -2.35. The van der Waals surface area contributed by atoms with Gasteiger partial charge in [0.1, 0.15) is 89.5 Å². The molecule has 23 N–H and O–H groups in total. The third-order valence-corrected chi connectivity index (χ3v) is 21.1. The Bertz CT molecular complexity index is 4480. The Morgan fingerprint density at radius 1 is 0.693 bits per heavy atom. The number of phenols is 3. The summed E-state index contributed by atoms with van der Waals surface area (Å²) in [6.45, 7) is 8.44. The number of nitrogens with two attached hydrogens (primary N) is 3. The van der Waals surface area contributed by atoms with Gasteiger partial charge in [0.25, 0.3) is 0 Å². The predicted octanol–water partition coefficient (Wildman–Crippen LogP) is -0.248. The molecule has 114 heavy (non-hydrogen) atoms. The molecule has 0 saturated carbocycles. The van der Waals surface area contributed by atoms with Gasteiger partial charge in [0.2, 0.25) is 53.4 Å². The van der Waals surface area contributed by atoms with Gasteiger partial charge in [-0.25, -0.2) is 4.79 Å². The van der Waals surface area contributed by atoms with Crippen LogP contribution >= 0.6 is 11.6 Å². The van der Waals surface area contributed by atoms with Crippen LogP contribution < -0.4 is 68.6 Å². The summed E-state index contributed by atoms with van der Waals surface area (Å²) in [5, 5.41) is 134. The molecule has 618 valence electrons. The van der Waals surface area contributed by atoms with E-state index in [0.717, 1.165) is 42.5 Å². The summed E-state index contributed by atoms with van der Waals surface area (Å²) in [5.74, 6) is -15.4. The molecule has 5 aromatic carbocycles. The molecule has 37 nitrogen and oxygen atoms in total. The minimum absolute atomic E-state index is 0.0435. The standard InChI is InChI=1S/C76H96ClN11O26/c1-29(2)18-41(81-7)67(99)86-56-58(93)34-13-17-45(40(77)20-34)110-47-22-35-21-46(63(47)114-74-64(61(96)60(95)48(28-89)111-74)113-51-26-76(6,80)66(98)31(4)108-51)109-36-14-10-32(11-15-36)62(112-50-25-75(5,79)65(97)30(3)107-50)57-72(104)85-55(73(105)106)38-23-44(91)39(27-88(8)9)59(94)52(38)37-19-33(12-16-43(37)90)53(69(101)87-57)84-70(102)54(35)83-68(100)42(24-49(78)92)82-71(56)103/h10-17,19-23,29-31,41-42,48,50-51,53-58,60-62,64-66,74,81,89-91,93-98H,18,24-28,79-80H2,1-9H3,(H2,78,92)(H,82,103)(H,83,100)(H,84,102)(H,85,104)(H,86,99)(H,87,101)(H,105,106)/t30-,31-,41?,42?,48+,50-,51-,53?,54?,55?,56?,57?,58?,60+,61-,62?,64+,65-,66-,74-,75-,76-/m0/s1. The highest BCUT2D eigenvalue weighted by atomic mass is 35.5. The number of fused-ring (bicyclic) bond motifs is 15. The molecule has 38 heteroatoms. The van der Waals surface area contributed by atoms with Crippen LogP contribution in [0.4, 0.5) is 0 Å². The molecule has 13 rings (SSSR count). The zero-order valence-corrected chi connectivity index (χ0v) is 64.2. The lowest BCUT2D eigenvalue weighted by Crippen LogP contribution is -2.64. The lowest BCUT2D eigenvalue weighted by molar-refractivity contribution is -0.333. The highest BCUT2D eigenvalue weighted by Gasteiger charge is 2.52. The highest BCUT2D eigenvalue weighted by Crippen LogP contribution is 2.51. The van der Waals surface area contributed by atoms with E-state index in [4.69, 9.17) is 66.7 Å². The molecule has 8 heterocycles. The van der Waals surface area contributed by atoms with E-state index in [1.165, 1.54) is 76.0 Å². The first-order valence-electron chi connectivity index (χ1n) is 36.7. The molecular weight excluding hydrogens is 1520 g/mol. The lowest BCUT2D eigenvalue weighted by Gasteiger charge is -2.47. The molecule has 8 aliphatic heterocycles. The van der Waals surface area contributed by atoms with Crippen LogP contribution in [-0.2, 0) is 68.6 Å². The van der Waals surface area contributed by atoms with Crippen molar-refractivity contribution < 1.29 is 127 Å². The van der Waals surface area contributed by atoms with Crippen LogP contribution in [-0.4, -0.2) is 234 Å². The Morgan fingerprint density at radius 2 is 1.29 bits per heavy atom. The normalized spacial score (nSPS) is 31.6. The van der Waals surface area contributed by atoms with Crippen molar-refractivity contribution in [1.82, 2.24) is 42.1 Å². The molecule has 0 spiro atoms. The molecule has 0 aromatic heterocycles. The largest absolute Gasteiger partial charge is 0.507 e. The fraction of sp³-hybridized carbons (Fsp3) is 0.500. The molecule has 9 unspecified atom stereocenters. The number of rotatable bonds is 17. The van der Waals surface area contributed by atoms with E-state index >= 15 is 24.0 Å². The number of hydrogen-bond acceptors (Lipinski definition) is 29. The number of aliphatic hydroxyl groups excluding tert-OH is 6. The average Bonchev–Trinajstić information content (AvgIpc) is 0.748. The van der Waals surface area contributed by atoms with E-state index in [0.29, 0.717) is 0 Å². The van der Waals surface area contributed by atoms with Crippen LogP contribution in [0.2, 0.25) is 5.02 Å². The van der Waals surface area contributed by atoms with Crippen LogP contribution in [0.3, 0.4) is 0 Å². The Hall–Kier alpha value is -9.65. The number of ether oxygens (including phenoxy) is 8. The van der Waals surface area contributed by atoms with Gasteiger partial charge in [0.15, 0.2) is 36.2 Å². The maximum atomic E-state index is 16.5. The average molecular weight is 1620 g/mol. The van der Waals surface area contributed by atoms with Gasteiger partial charge in [-0.05, 0) is 138 Å². The van der Waals surface area contributed by atoms with Crippen molar-refractivity contribution in [2.45, 2.75) is 207 Å². The Morgan fingerprint density at radius 3 is 1.88 bits per heavy atom. The van der Waals surface area contributed by atoms with Crippen molar-refractivity contribution in [2.75, 3.05) is 27.7 Å². The number of amides is 7. The number of carboxylic acids is 1. The number of halogens is 1. The summed E-state index contributed by atoms with van der Waals surface area (Å²) in [5.41, 5.74) is 13.5. The van der Waals surface area contributed by atoms with Crippen molar-refractivity contribution >= 4 is 58.9 Å².